The number of carbonyl (C=O) groups is 2. The van der Waals surface area contributed by atoms with Gasteiger partial charge in [0.05, 0.1) is 45.4 Å². The lowest BCUT2D eigenvalue weighted by Gasteiger charge is -2.13. The van der Waals surface area contributed by atoms with Gasteiger partial charge in [0, 0.05) is 6.20 Å². The third-order valence-electron chi connectivity index (χ3n) is 5.31. The molecule has 0 bridgehead atoms. The summed E-state index contributed by atoms with van der Waals surface area (Å²) in [4.78, 5) is 31.5. The topological polar surface area (TPSA) is 102 Å². The first-order valence-electron chi connectivity index (χ1n) is 8.89. The number of para-hydroxylation sites is 1. The summed E-state index contributed by atoms with van der Waals surface area (Å²) in [5.74, 6) is -0.718. The zero-order valence-corrected chi connectivity index (χ0v) is 15.8. The van der Waals surface area contributed by atoms with E-state index in [2.05, 4.69) is 10.1 Å². The number of hydrogen-bond acceptors (Lipinski definition) is 6. The van der Waals surface area contributed by atoms with E-state index in [9.17, 15) is 18.0 Å². The SMILES string of the molecule is Cc1nn(C2CCS(=O)(=O)C2)c2ncc3c(c12)C(=O)N(c1ccccc1)C3=O. The fourth-order valence-electron chi connectivity index (χ4n) is 4.02. The summed E-state index contributed by atoms with van der Waals surface area (Å²) in [5, 5.41) is 4.99. The average Bonchev–Trinajstić information content (AvgIpc) is 3.28. The molecule has 28 heavy (non-hydrogen) atoms. The number of anilines is 1. The lowest BCUT2D eigenvalue weighted by molar-refractivity contribution is 0.0926. The van der Waals surface area contributed by atoms with E-state index in [1.54, 1.807) is 35.9 Å². The van der Waals surface area contributed by atoms with Crippen LogP contribution in [-0.2, 0) is 9.84 Å². The van der Waals surface area contributed by atoms with E-state index in [0.29, 0.717) is 28.8 Å². The Morgan fingerprint density at radius 1 is 1.11 bits per heavy atom. The predicted molar refractivity (Wildman–Crippen MR) is 102 cm³/mol. The summed E-state index contributed by atoms with van der Waals surface area (Å²) in [6.07, 6.45) is 1.85. The Morgan fingerprint density at radius 3 is 2.54 bits per heavy atom. The maximum Gasteiger partial charge on any atom is 0.267 e. The van der Waals surface area contributed by atoms with Gasteiger partial charge in [-0.1, -0.05) is 18.2 Å². The molecular weight excluding hydrogens is 380 g/mol. The van der Waals surface area contributed by atoms with Crippen LogP contribution >= 0.6 is 0 Å². The largest absolute Gasteiger partial charge is 0.268 e. The van der Waals surface area contributed by atoms with Crippen LogP contribution in [0.5, 0.6) is 0 Å². The minimum Gasteiger partial charge on any atom is -0.268 e. The smallest absolute Gasteiger partial charge is 0.267 e. The van der Waals surface area contributed by atoms with Crippen molar-refractivity contribution in [3.05, 3.63) is 53.3 Å². The number of sulfone groups is 1. The number of fused-ring (bicyclic) bond motifs is 3. The second-order valence-electron chi connectivity index (χ2n) is 7.11. The molecule has 2 aliphatic heterocycles. The third-order valence-corrected chi connectivity index (χ3v) is 7.06. The van der Waals surface area contributed by atoms with Crippen molar-refractivity contribution in [1.82, 2.24) is 14.8 Å². The molecule has 0 aliphatic carbocycles. The number of aryl methyl sites for hydroxylation is 1. The Bertz CT molecular complexity index is 1260. The number of aromatic nitrogens is 3. The molecule has 1 aromatic carbocycles. The van der Waals surface area contributed by atoms with Crippen molar-refractivity contribution in [2.45, 2.75) is 19.4 Å². The molecule has 5 rings (SSSR count). The lowest BCUT2D eigenvalue weighted by Crippen LogP contribution is -2.29. The molecule has 9 heteroatoms. The molecule has 1 fully saturated rings. The van der Waals surface area contributed by atoms with Gasteiger partial charge in [-0.25, -0.2) is 23.0 Å². The average molecular weight is 396 g/mol. The fraction of sp³-hybridized carbons (Fsp3) is 0.263. The molecule has 8 nitrogen and oxygen atoms in total. The van der Waals surface area contributed by atoms with Gasteiger partial charge in [0.25, 0.3) is 11.8 Å². The first-order chi connectivity index (χ1) is 13.4. The zero-order chi connectivity index (χ0) is 19.6. The Kier molecular flexibility index (Phi) is 3.48. The molecule has 1 saturated heterocycles. The standard InChI is InChI=1S/C19H16N4O4S/c1-11-15-16-14(18(24)22(19(16)25)12-5-3-2-4-6-12)9-20-17(15)23(21-11)13-7-8-28(26,27)10-13/h2-6,9,13H,7-8,10H2,1H3. The lowest BCUT2D eigenvalue weighted by atomic mass is 10.1. The molecule has 2 amide bonds. The Balaban J connectivity index is 1.68. The van der Waals surface area contributed by atoms with Gasteiger partial charge in [0.1, 0.15) is 0 Å². The summed E-state index contributed by atoms with van der Waals surface area (Å²) in [7, 11) is -3.10. The number of pyridine rings is 1. The molecular formula is C19H16N4O4S. The Hall–Kier alpha value is -3.07. The minimum atomic E-state index is -3.10. The van der Waals surface area contributed by atoms with E-state index in [-0.39, 0.29) is 28.7 Å². The van der Waals surface area contributed by atoms with Crippen molar-refractivity contribution < 1.29 is 18.0 Å². The van der Waals surface area contributed by atoms with Crippen molar-refractivity contribution >= 4 is 38.4 Å². The number of benzene rings is 1. The van der Waals surface area contributed by atoms with Crippen molar-refractivity contribution in [1.29, 1.82) is 0 Å². The quantitative estimate of drug-likeness (QED) is 0.613. The summed E-state index contributed by atoms with van der Waals surface area (Å²) in [5.41, 5.74) is 2.01. The van der Waals surface area contributed by atoms with Crippen LogP contribution in [0.4, 0.5) is 5.69 Å². The number of rotatable bonds is 2. The van der Waals surface area contributed by atoms with Gasteiger partial charge < -0.3 is 0 Å². The maximum absolute atomic E-state index is 13.2. The van der Waals surface area contributed by atoms with Gasteiger partial charge in [0.15, 0.2) is 15.5 Å². The van der Waals surface area contributed by atoms with E-state index in [1.807, 2.05) is 6.07 Å². The minimum absolute atomic E-state index is 0.00496. The van der Waals surface area contributed by atoms with E-state index in [1.165, 1.54) is 6.20 Å². The molecule has 0 spiro atoms. The van der Waals surface area contributed by atoms with Gasteiger partial charge in [-0.3, -0.25) is 9.59 Å². The Labute approximate surface area is 160 Å². The highest BCUT2D eigenvalue weighted by molar-refractivity contribution is 7.91. The number of hydrogen-bond donors (Lipinski definition) is 0. The third kappa shape index (κ3) is 2.32. The molecule has 1 unspecified atom stereocenters. The number of nitrogens with zero attached hydrogens (tertiary/aromatic N) is 4. The summed E-state index contributed by atoms with van der Waals surface area (Å²) >= 11 is 0. The van der Waals surface area contributed by atoms with Crippen LogP contribution in [-0.4, -0.2) is 46.5 Å². The van der Waals surface area contributed by atoms with Crippen LogP contribution < -0.4 is 4.90 Å². The number of carbonyl (C=O) groups excluding carboxylic acids is 2. The van der Waals surface area contributed by atoms with Crippen LogP contribution in [0.25, 0.3) is 11.0 Å². The van der Waals surface area contributed by atoms with Crippen molar-refractivity contribution in [3.63, 3.8) is 0 Å². The molecule has 0 saturated carbocycles. The second kappa shape index (κ2) is 5.71. The van der Waals surface area contributed by atoms with E-state index in [0.717, 1.165) is 4.90 Å². The van der Waals surface area contributed by atoms with Crippen molar-refractivity contribution in [3.8, 4) is 0 Å². The monoisotopic (exact) mass is 396 g/mol. The van der Waals surface area contributed by atoms with E-state index < -0.39 is 21.7 Å². The van der Waals surface area contributed by atoms with Gasteiger partial charge in [-0.05, 0) is 25.5 Å². The molecule has 4 heterocycles. The summed E-state index contributed by atoms with van der Waals surface area (Å²) < 4.78 is 25.3. The summed E-state index contributed by atoms with van der Waals surface area (Å²) in [6.45, 7) is 1.74. The first kappa shape index (κ1) is 17.1. The van der Waals surface area contributed by atoms with Gasteiger partial charge in [0.2, 0.25) is 0 Å². The van der Waals surface area contributed by atoms with Crippen LogP contribution in [0.1, 0.15) is 38.9 Å². The Morgan fingerprint density at radius 2 is 1.86 bits per heavy atom. The molecule has 0 radical (unpaired) electrons. The normalized spacial score (nSPS) is 20.9. The molecule has 1 atom stereocenters. The van der Waals surface area contributed by atoms with Gasteiger partial charge in [-0.15, -0.1) is 0 Å². The van der Waals surface area contributed by atoms with Crippen LogP contribution in [0.15, 0.2) is 36.5 Å². The molecule has 2 aliphatic rings. The highest BCUT2D eigenvalue weighted by Crippen LogP contribution is 2.35. The van der Waals surface area contributed by atoms with Crippen LogP contribution in [0.2, 0.25) is 0 Å². The van der Waals surface area contributed by atoms with Gasteiger partial charge in [-0.2, -0.15) is 5.10 Å². The zero-order valence-electron chi connectivity index (χ0n) is 15.0. The van der Waals surface area contributed by atoms with Crippen LogP contribution in [0, 0.1) is 6.92 Å². The second-order valence-corrected chi connectivity index (χ2v) is 9.34. The van der Waals surface area contributed by atoms with Crippen LogP contribution in [0.3, 0.4) is 0 Å². The summed E-state index contributed by atoms with van der Waals surface area (Å²) in [6, 6.07) is 8.42. The molecule has 0 N–H and O–H groups in total. The van der Waals surface area contributed by atoms with E-state index >= 15 is 0 Å². The van der Waals surface area contributed by atoms with Gasteiger partial charge >= 0.3 is 0 Å². The maximum atomic E-state index is 13.2. The predicted octanol–water partition coefficient (Wildman–Crippen LogP) is 1.90. The first-order valence-corrected chi connectivity index (χ1v) is 10.7. The molecule has 3 aromatic rings. The highest BCUT2D eigenvalue weighted by Gasteiger charge is 2.40. The number of amides is 2. The van der Waals surface area contributed by atoms with Crippen molar-refractivity contribution in [2.24, 2.45) is 0 Å². The fourth-order valence-corrected chi connectivity index (χ4v) is 5.71. The van der Waals surface area contributed by atoms with E-state index in [4.69, 9.17) is 0 Å². The number of imide groups is 1. The highest BCUT2D eigenvalue weighted by atomic mass is 32.2. The molecule has 2 aromatic heterocycles. The van der Waals surface area contributed by atoms with Crippen molar-refractivity contribution in [2.75, 3.05) is 16.4 Å². The molecule has 142 valence electrons.